The first-order valence-corrected chi connectivity index (χ1v) is 7.14. The Morgan fingerprint density at radius 3 is 2.75 bits per heavy atom. The Bertz CT molecular complexity index is 418. The summed E-state index contributed by atoms with van der Waals surface area (Å²) >= 11 is 0. The third-order valence-electron chi connectivity index (χ3n) is 3.08. The maximum Gasteiger partial charge on any atom is 0.226 e. The summed E-state index contributed by atoms with van der Waals surface area (Å²) in [5, 5.41) is 8.87. The minimum Gasteiger partial charge on any atom is -0.493 e. The van der Waals surface area contributed by atoms with Crippen LogP contribution in [0.4, 0.5) is 0 Å². The molecule has 1 N–H and O–H groups in total. The van der Waals surface area contributed by atoms with Gasteiger partial charge in [-0.1, -0.05) is 12.1 Å². The highest BCUT2D eigenvalue weighted by atomic mass is 16.5. The molecule has 0 unspecified atom stereocenters. The molecule has 0 aliphatic rings. The van der Waals surface area contributed by atoms with Crippen molar-refractivity contribution in [2.24, 2.45) is 0 Å². The predicted molar refractivity (Wildman–Crippen MR) is 79.8 cm³/mol. The van der Waals surface area contributed by atoms with E-state index in [1.54, 1.807) is 4.90 Å². The second kappa shape index (κ2) is 8.59. The maximum absolute atomic E-state index is 12.1. The third-order valence-corrected chi connectivity index (χ3v) is 3.08. The van der Waals surface area contributed by atoms with Gasteiger partial charge in [0.1, 0.15) is 5.75 Å². The second-order valence-corrected chi connectivity index (χ2v) is 5.17. The van der Waals surface area contributed by atoms with Crippen LogP contribution in [0.1, 0.15) is 32.3 Å². The molecule has 1 aromatic carbocycles. The van der Waals surface area contributed by atoms with Gasteiger partial charge in [0, 0.05) is 19.2 Å². The average molecular weight is 279 g/mol. The quantitative estimate of drug-likeness (QED) is 0.795. The number of ether oxygens (including phenoxy) is 1. The molecule has 0 saturated heterocycles. The van der Waals surface area contributed by atoms with E-state index in [0.717, 1.165) is 11.3 Å². The van der Waals surface area contributed by atoms with Gasteiger partial charge in [-0.25, -0.2) is 0 Å². The molecular weight excluding hydrogens is 254 g/mol. The molecule has 0 atom stereocenters. The Morgan fingerprint density at radius 1 is 1.40 bits per heavy atom. The zero-order chi connectivity index (χ0) is 15.0. The van der Waals surface area contributed by atoms with Gasteiger partial charge in [-0.2, -0.15) is 0 Å². The van der Waals surface area contributed by atoms with Crippen molar-refractivity contribution in [2.45, 2.75) is 39.7 Å². The van der Waals surface area contributed by atoms with Crippen molar-refractivity contribution in [3.8, 4) is 5.75 Å². The number of hydrogen-bond donors (Lipinski definition) is 1. The zero-order valence-corrected chi connectivity index (χ0v) is 12.6. The van der Waals surface area contributed by atoms with Gasteiger partial charge in [0.15, 0.2) is 0 Å². The number of nitrogens with zero attached hydrogens (tertiary/aromatic N) is 1. The Labute approximate surface area is 121 Å². The smallest absolute Gasteiger partial charge is 0.226 e. The summed E-state index contributed by atoms with van der Waals surface area (Å²) in [6, 6.07) is 7.94. The van der Waals surface area contributed by atoms with E-state index in [-0.39, 0.29) is 18.6 Å². The monoisotopic (exact) mass is 279 g/mol. The molecule has 4 nitrogen and oxygen atoms in total. The number of rotatable bonds is 8. The first kappa shape index (κ1) is 16.5. The Hall–Kier alpha value is -1.55. The zero-order valence-electron chi connectivity index (χ0n) is 12.6. The summed E-state index contributed by atoms with van der Waals surface area (Å²) in [5.41, 5.74) is 1.14. The van der Waals surface area contributed by atoms with Crippen molar-refractivity contribution in [3.05, 3.63) is 29.8 Å². The highest BCUT2D eigenvalue weighted by Crippen LogP contribution is 2.13. The molecule has 0 saturated carbocycles. The second-order valence-electron chi connectivity index (χ2n) is 5.17. The van der Waals surface area contributed by atoms with Crippen molar-refractivity contribution in [1.82, 2.24) is 4.90 Å². The molecule has 4 heteroatoms. The highest BCUT2D eigenvalue weighted by molar-refractivity contribution is 5.76. The number of carbonyl (C=O) groups excluding carboxylic acids is 1. The number of hydrogen-bond acceptors (Lipinski definition) is 3. The fourth-order valence-electron chi connectivity index (χ4n) is 2.02. The Kier molecular flexibility index (Phi) is 7.09. The molecular formula is C16H25NO3. The molecule has 0 fully saturated rings. The summed E-state index contributed by atoms with van der Waals surface area (Å²) in [5.74, 6) is 0.866. The molecule has 0 bridgehead atoms. The van der Waals surface area contributed by atoms with Gasteiger partial charge in [-0.05, 0) is 44.9 Å². The maximum atomic E-state index is 12.1. The van der Waals surface area contributed by atoms with Crippen molar-refractivity contribution in [2.75, 3.05) is 19.8 Å². The lowest BCUT2D eigenvalue weighted by molar-refractivity contribution is -0.133. The van der Waals surface area contributed by atoms with Crippen LogP contribution in [0.3, 0.4) is 0 Å². The van der Waals surface area contributed by atoms with E-state index in [0.29, 0.717) is 26.0 Å². The number of carbonyl (C=O) groups is 1. The van der Waals surface area contributed by atoms with Gasteiger partial charge in [0.05, 0.1) is 13.0 Å². The van der Waals surface area contributed by atoms with Gasteiger partial charge in [-0.15, -0.1) is 0 Å². The lowest BCUT2D eigenvalue weighted by Crippen LogP contribution is -2.38. The normalized spacial score (nSPS) is 10.7. The lowest BCUT2D eigenvalue weighted by Gasteiger charge is -2.26. The molecule has 20 heavy (non-hydrogen) atoms. The van der Waals surface area contributed by atoms with Crippen LogP contribution in [0.5, 0.6) is 5.75 Å². The van der Waals surface area contributed by atoms with E-state index in [2.05, 4.69) is 0 Å². The first-order valence-electron chi connectivity index (χ1n) is 7.14. The van der Waals surface area contributed by atoms with Gasteiger partial charge in [0.2, 0.25) is 5.91 Å². The first-order chi connectivity index (χ1) is 9.54. The SMILES string of the molecule is Cc1cccc(OCCC(=O)N(CCCO)C(C)C)c1. The molecule has 1 rings (SSSR count). The molecule has 0 aliphatic heterocycles. The highest BCUT2D eigenvalue weighted by Gasteiger charge is 2.16. The molecule has 0 aliphatic carbocycles. The minimum absolute atomic E-state index is 0.0705. The van der Waals surface area contributed by atoms with Crippen molar-refractivity contribution < 1.29 is 14.6 Å². The number of aliphatic hydroxyl groups is 1. The molecule has 112 valence electrons. The number of aryl methyl sites for hydroxylation is 1. The van der Waals surface area contributed by atoms with Gasteiger partial charge in [-0.3, -0.25) is 4.79 Å². The summed E-state index contributed by atoms with van der Waals surface area (Å²) in [6.07, 6.45) is 0.972. The van der Waals surface area contributed by atoms with Crippen LogP contribution in [0.2, 0.25) is 0 Å². The number of benzene rings is 1. The molecule has 0 heterocycles. The summed E-state index contributed by atoms with van der Waals surface area (Å²) in [4.78, 5) is 13.9. The molecule has 1 amide bonds. The molecule has 0 spiro atoms. The molecule has 0 radical (unpaired) electrons. The van der Waals surface area contributed by atoms with E-state index in [1.807, 2.05) is 45.0 Å². The number of amides is 1. The molecule has 0 aromatic heterocycles. The van der Waals surface area contributed by atoms with E-state index in [1.165, 1.54) is 0 Å². The minimum atomic E-state index is 0.0705. The van der Waals surface area contributed by atoms with Crippen molar-refractivity contribution in [1.29, 1.82) is 0 Å². The summed E-state index contributed by atoms with van der Waals surface area (Å²) in [7, 11) is 0. The van der Waals surface area contributed by atoms with Gasteiger partial charge >= 0.3 is 0 Å². The molecule has 1 aromatic rings. The van der Waals surface area contributed by atoms with Gasteiger partial charge < -0.3 is 14.7 Å². The lowest BCUT2D eigenvalue weighted by atomic mass is 10.2. The standard InChI is InChI=1S/C16H25NO3/c1-13(2)17(9-5-10-18)16(19)8-11-20-15-7-4-6-14(3)12-15/h4,6-7,12-13,18H,5,8-11H2,1-3H3. The van der Waals surface area contributed by atoms with Crippen LogP contribution in [0.25, 0.3) is 0 Å². The third kappa shape index (κ3) is 5.61. The largest absolute Gasteiger partial charge is 0.493 e. The summed E-state index contributed by atoms with van der Waals surface area (Å²) in [6.45, 7) is 7.05. The van der Waals surface area contributed by atoms with Gasteiger partial charge in [0.25, 0.3) is 0 Å². The van der Waals surface area contributed by atoms with Crippen LogP contribution in [-0.4, -0.2) is 41.7 Å². The van der Waals surface area contributed by atoms with Crippen LogP contribution >= 0.6 is 0 Å². The topological polar surface area (TPSA) is 49.8 Å². The van der Waals surface area contributed by atoms with Crippen molar-refractivity contribution in [3.63, 3.8) is 0 Å². The van der Waals surface area contributed by atoms with Crippen LogP contribution in [-0.2, 0) is 4.79 Å². The fraction of sp³-hybridized carbons (Fsp3) is 0.562. The van der Waals surface area contributed by atoms with E-state index in [4.69, 9.17) is 9.84 Å². The van der Waals surface area contributed by atoms with E-state index in [9.17, 15) is 4.79 Å². The van der Waals surface area contributed by atoms with Crippen LogP contribution in [0.15, 0.2) is 24.3 Å². The Balaban J connectivity index is 2.41. The number of aliphatic hydroxyl groups excluding tert-OH is 1. The fourth-order valence-corrected chi connectivity index (χ4v) is 2.02. The van der Waals surface area contributed by atoms with Crippen LogP contribution < -0.4 is 4.74 Å². The predicted octanol–water partition coefficient (Wildman–Crippen LogP) is 2.38. The Morgan fingerprint density at radius 2 is 2.15 bits per heavy atom. The van der Waals surface area contributed by atoms with Crippen LogP contribution in [0, 0.1) is 6.92 Å². The summed E-state index contributed by atoms with van der Waals surface area (Å²) < 4.78 is 5.59. The van der Waals surface area contributed by atoms with E-state index >= 15 is 0 Å². The van der Waals surface area contributed by atoms with Crippen molar-refractivity contribution >= 4 is 5.91 Å². The average Bonchev–Trinajstić information content (AvgIpc) is 2.39. The van der Waals surface area contributed by atoms with E-state index < -0.39 is 0 Å².